The smallest absolute Gasteiger partial charge is 0.376 e. The molecule has 1 aliphatic heterocycles. The van der Waals surface area contributed by atoms with E-state index in [1.54, 1.807) is 0 Å². The number of anilines is 1. The number of aromatic nitrogens is 4. The van der Waals surface area contributed by atoms with E-state index in [1.807, 2.05) is 0 Å². The number of fused-ring (bicyclic) bond motifs is 1. The van der Waals surface area contributed by atoms with Gasteiger partial charge in [-0.15, -0.1) is 0 Å². The molecule has 0 spiro atoms. The van der Waals surface area contributed by atoms with Crippen LogP contribution in [0.25, 0.3) is 0 Å². The first-order chi connectivity index (χ1) is 10.9. The molecule has 1 amide bonds. The van der Waals surface area contributed by atoms with E-state index in [-0.39, 0.29) is 31.0 Å². The van der Waals surface area contributed by atoms with Gasteiger partial charge in [0.1, 0.15) is 6.54 Å². The van der Waals surface area contributed by atoms with Crippen molar-refractivity contribution in [1.82, 2.24) is 19.7 Å². The van der Waals surface area contributed by atoms with Crippen LogP contribution in [0.4, 0.5) is 19.0 Å². The maximum Gasteiger partial charge on any atom is 0.435 e. The van der Waals surface area contributed by atoms with Crippen LogP contribution in [0.3, 0.4) is 0 Å². The highest BCUT2D eigenvalue weighted by atomic mass is 19.4. The van der Waals surface area contributed by atoms with Gasteiger partial charge in [0.05, 0.1) is 19.4 Å². The third-order valence-corrected chi connectivity index (χ3v) is 3.29. The maximum absolute atomic E-state index is 13.0. The Morgan fingerprint density at radius 3 is 2.91 bits per heavy atom. The van der Waals surface area contributed by atoms with Crippen LogP contribution in [0.2, 0.25) is 0 Å². The second-order valence-electron chi connectivity index (χ2n) is 4.87. The Bertz CT molecular complexity index is 714. The van der Waals surface area contributed by atoms with Gasteiger partial charge in [-0.05, 0) is 0 Å². The van der Waals surface area contributed by atoms with Crippen molar-refractivity contribution >= 4 is 11.7 Å². The normalized spacial score (nSPS) is 14.4. The zero-order chi connectivity index (χ0) is 16.4. The molecule has 0 unspecified atom stereocenters. The molecule has 2 aromatic heterocycles. The summed E-state index contributed by atoms with van der Waals surface area (Å²) in [4.78, 5) is 19.6. The van der Waals surface area contributed by atoms with Crippen molar-refractivity contribution in [2.24, 2.45) is 0 Å². The van der Waals surface area contributed by atoms with Gasteiger partial charge in [-0.1, -0.05) is 0 Å². The Morgan fingerprint density at radius 1 is 1.39 bits per heavy atom. The van der Waals surface area contributed by atoms with E-state index in [0.717, 1.165) is 4.68 Å². The van der Waals surface area contributed by atoms with Crippen molar-refractivity contribution in [3.05, 3.63) is 35.5 Å². The van der Waals surface area contributed by atoms with E-state index in [9.17, 15) is 18.0 Å². The van der Waals surface area contributed by atoms with E-state index in [1.165, 1.54) is 18.6 Å². The number of carbonyl (C=O) groups excluding carboxylic acids is 1. The number of halogens is 3. The Kier molecular flexibility index (Phi) is 3.99. The third kappa shape index (κ3) is 3.31. The van der Waals surface area contributed by atoms with Crippen LogP contribution in [0.15, 0.2) is 18.6 Å². The molecular weight excluding hydrogens is 315 g/mol. The summed E-state index contributed by atoms with van der Waals surface area (Å²) >= 11 is 0. The molecule has 0 bridgehead atoms. The summed E-state index contributed by atoms with van der Waals surface area (Å²) in [6.45, 7) is -0.202. The molecule has 3 heterocycles. The number of hydrogen-bond acceptors (Lipinski definition) is 5. The third-order valence-electron chi connectivity index (χ3n) is 3.29. The molecule has 2 aromatic rings. The monoisotopic (exact) mass is 327 g/mol. The molecule has 1 aliphatic rings. The van der Waals surface area contributed by atoms with E-state index in [4.69, 9.17) is 4.74 Å². The quantitative estimate of drug-likeness (QED) is 0.921. The van der Waals surface area contributed by atoms with Gasteiger partial charge in [0, 0.05) is 30.1 Å². The topological polar surface area (TPSA) is 81.9 Å². The molecule has 1 N–H and O–H groups in total. The highest BCUT2D eigenvalue weighted by Gasteiger charge is 2.40. The minimum Gasteiger partial charge on any atom is -0.376 e. The lowest BCUT2D eigenvalue weighted by molar-refractivity contribution is -0.143. The number of rotatable bonds is 3. The standard InChI is InChI=1S/C13H12F3N5O2/c14-13(15,16)12-8-7-23-4-1-9(8)21(20-12)6-11(22)19-10-5-17-2-3-18-10/h2-3,5H,1,4,6-7H2,(H,18,19,22). The zero-order valence-corrected chi connectivity index (χ0v) is 11.8. The number of ether oxygens (including phenoxy) is 1. The minimum absolute atomic E-state index is 0.00365. The first-order valence-electron chi connectivity index (χ1n) is 6.74. The van der Waals surface area contributed by atoms with Crippen LogP contribution in [0.5, 0.6) is 0 Å². The minimum atomic E-state index is -4.59. The van der Waals surface area contributed by atoms with Gasteiger partial charge in [-0.3, -0.25) is 14.5 Å². The van der Waals surface area contributed by atoms with Crippen molar-refractivity contribution in [2.75, 3.05) is 11.9 Å². The number of amides is 1. The average molecular weight is 327 g/mol. The Morgan fingerprint density at radius 2 is 2.22 bits per heavy atom. The predicted molar refractivity (Wildman–Crippen MR) is 71.3 cm³/mol. The summed E-state index contributed by atoms with van der Waals surface area (Å²) in [5, 5.41) is 6.02. The van der Waals surface area contributed by atoms with Crippen LogP contribution in [0.1, 0.15) is 17.0 Å². The maximum atomic E-state index is 13.0. The number of nitrogens with zero attached hydrogens (tertiary/aromatic N) is 4. The molecule has 10 heteroatoms. The van der Waals surface area contributed by atoms with Gasteiger partial charge in [-0.2, -0.15) is 18.3 Å². The fourth-order valence-electron chi connectivity index (χ4n) is 2.35. The first-order valence-corrected chi connectivity index (χ1v) is 6.74. The molecule has 0 saturated carbocycles. The van der Waals surface area contributed by atoms with E-state index in [2.05, 4.69) is 20.4 Å². The molecule has 0 aromatic carbocycles. The van der Waals surface area contributed by atoms with E-state index < -0.39 is 17.8 Å². The van der Waals surface area contributed by atoms with Crippen molar-refractivity contribution < 1.29 is 22.7 Å². The number of hydrogen-bond donors (Lipinski definition) is 1. The molecule has 0 fully saturated rings. The predicted octanol–water partition coefficient (Wildman–Crippen LogP) is 1.40. The molecule has 0 atom stereocenters. The van der Waals surface area contributed by atoms with Crippen LogP contribution in [0, 0.1) is 0 Å². The van der Waals surface area contributed by atoms with Crippen molar-refractivity contribution in [1.29, 1.82) is 0 Å². The SMILES string of the molecule is O=C(Cn1nc(C(F)(F)F)c2c1CCOC2)Nc1cnccn1. The second-order valence-corrected chi connectivity index (χ2v) is 4.87. The summed E-state index contributed by atoms with van der Waals surface area (Å²) in [6.07, 6.45) is -0.140. The fraction of sp³-hybridized carbons (Fsp3) is 0.385. The van der Waals surface area contributed by atoms with Gasteiger partial charge in [0.2, 0.25) is 5.91 Å². The summed E-state index contributed by atoms with van der Waals surface area (Å²) in [5.74, 6) is -0.311. The van der Waals surface area contributed by atoms with Gasteiger partial charge >= 0.3 is 6.18 Å². The van der Waals surface area contributed by atoms with E-state index in [0.29, 0.717) is 12.3 Å². The van der Waals surface area contributed by atoms with Gasteiger partial charge in [0.25, 0.3) is 0 Å². The lowest BCUT2D eigenvalue weighted by atomic mass is 10.1. The average Bonchev–Trinajstić information content (AvgIpc) is 2.87. The lowest BCUT2D eigenvalue weighted by Gasteiger charge is -2.15. The van der Waals surface area contributed by atoms with Crippen molar-refractivity contribution in [3.63, 3.8) is 0 Å². The molecule has 23 heavy (non-hydrogen) atoms. The molecule has 0 saturated heterocycles. The van der Waals surface area contributed by atoms with Crippen LogP contribution >= 0.6 is 0 Å². The highest BCUT2D eigenvalue weighted by molar-refractivity contribution is 5.89. The molecule has 0 aliphatic carbocycles. The number of alkyl halides is 3. The molecule has 0 radical (unpaired) electrons. The Balaban J connectivity index is 1.83. The number of nitrogens with one attached hydrogen (secondary N) is 1. The molecule has 7 nitrogen and oxygen atoms in total. The summed E-state index contributed by atoms with van der Waals surface area (Å²) in [7, 11) is 0. The highest BCUT2D eigenvalue weighted by Crippen LogP contribution is 2.34. The van der Waals surface area contributed by atoms with Crippen molar-refractivity contribution in [3.8, 4) is 0 Å². The fourth-order valence-corrected chi connectivity index (χ4v) is 2.35. The Hall–Kier alpha value is -2.49. The second kappa shape index (κ2) is 5.95. The number of carbonyl (C=O) groups is 1. The largest absolute Gasteiger partial charge is 0.435 e. The van der Waals surface area contributed by atoms with Crippen LogP contribution in [-0.4, -0.2) is 32.3 Å². The molecule has 3 rings (SSSR count). The zero-order valence-electron chi connectivity index (χ0n) is 11.8. The van der Waals surface area contributed by atoms with E-state index >= 15 is 0 Å². The summed E-state index contributed by atoms with van der Waals surface area (Å²) in [5.41, 5.74) is -0.631. The molecule has 122 valence electrons. The van der Waals surface area contributed by atoms with Crippen LogP contribution < -0.4 is 5.32 Å². The van der Waals surface area contributed by atoms with Gasteiger partial charge < -0.3 is 10.1 Å². The van der Waals surface area contributed by atoms with Gasteiger partial charge in [-0.25, -0.2) is 4.98 Å². The Labute approximate surface area is 128 Å². The molecular formula is C13H12F3N5O2. The summed E-state index contributed by atoms with van der Waals surface area (Å²) < 4.78 is 45.2. The lowest BCUT2D eigenvalue weighted by Crippen LogP contribution is -2.23. The van der Waals surface area contributed by atoms with Crippen molar-refractivity contribution in [2.45, 2.75) is 25.7 Å². The first kappa shape index (κ1) is 15.4. The summed E-state index contributed by atoms with van der Waals surface area (Å²) in [6, 6.07) is 0. The van der Waals surface area contributed by atoms with Gasteiger partial charge in [0.15, 0.2) is 11.5 Å². The van der Waals surface area contributed by atoms with Crippen LogP contribution in [-0.2, 0) is 35.3 Å².